The molecular formula is C13H24O7. The summed E-state index contributed by atoms with van der Waals surface area (Å²) < 4.78 is 15.2. The first-order valence-corrected chi connectivity index (χ1v) is 6.85. The Kier molecular flexibility index (Phi) is 6.84. The number of methoxy groups -OCH3 is 1. The molecule has 0 bridgehead atoms. The monoisotopic (exact) mass is 292 g/mol. The molecule has 0 aromatic heterocycles. The summed E-state index contributed by atoms with van der Waals surface area (Å²) >= 11 is 0. The fraction of sp³-hybridized carbons (Fsp3) is 0.923. The Morgan fingerprint density at radius 2 is 1.90 bits per heavy atom. The van der Waals surface area contributed by atoms with Gasteiger partial charge in [0.05, 0.1) is 13.2 Å². The van der Waals surface area contributed by atoms with Gasteiger partial charge in [0, 0.05) is 0 Å². The molecule has 0 amide bonds. The van der Waals surface area contributed by atoms with Crippen LogP contribution in [0.15, 0.2) is 0 Å². The number of aliphatic hydroxyl groups excluding tert-OH is 3. The van der Waals surface area contributed by atoms with Gasteiger partial charge in [-0.25, -0.2) is 4.79 Å². The maximum atomic E-state index is 11.5. The summed E-state index contributed by atoms with van der Waals surface area (Å²) in [6.07, 6.45) is -4.52. The van der Waals surface area contributed by atoms with E-state index in [-0.39, 0.29) is 6.10 Å². The predicted octanol–water partition coefficient (Wildman–Crippen LogP) is -0.438. The van der Waals surface area contributed by atoms with Gasteiger partial charge in [0.2, 0.25) is 0 Å². The van der Waals surface area contributed by atoms with Crippen molar-refractivity contribution < 1.29 is 34.3 Å². The first-order chi connectivity index (χ1) is 9.42. The number of esters is 1. The molecule has 7 nitrogen and oxygen atoms in total. The summed E-state index contributed by atoms with van der Waals surface area (Å²) in [5.41, 5.74) is 0. The van der Waals surface area contributed by atoms with Crippen molar-refractivity contribution >= 4 is 5.97 Å². The van der Waals surface area contributed by atoms with E-state index in [1.54, 1.807) is 0 Å². The van der Waals surface area contributed by atoms with Crippen LogP contribution < -0.4 is 0 Å². The van der Waals surface area contributed by atoms with Crippen LogP contribution in [0.1, 0.15) is 33.1 Å². The zero-order chi connectivity index (χ0) is 15.3. The van der Waals surface area contributed by atoms with Gasteiger partial charge < -0.3 is 29.5 Å². The minimum atomic E-state index is -1.55. The first-order valence-electron chi connectivity index (χ1n) is 6.85. The average molecular weight is 292 g/mol. The van der Waals surface area contributed by atoms with Crippen molar-refractivity contribution in [2.24, 2.45) is 0 Å². The molecule has 1 saturated heterocycles. The number of carbonyl (C=O) groups excluding carboxylic acids is 1. The maximum Gasteiger partial charge on any atom is 0.337 e. The fourth-order valence-corrected chi connectivity index (χ4v) is 2.06. The first kappa shape index (κ1) is 17.3. The van der Waals surface area contributed by atoms with Crippen LogP contribution in [0.2, 0.25) is 0 Å². The number of unbranched alkanes of at least 4 members (excludes halogenated alkanes) is 1. The van der Waals surface area contributed by atoms with Crippen LogP contribution in [0.3, 0.4) is 0 Å². The lowest BCUT2D eigenvalue weighted by molar-refractivity contribution is -0.303. The molecule has 1 aliphatic heterocycles. The van der Waals surface area contributed by atoms with Crippen LogP contribution in [-0.4, -0.2) is 65.2 Å². The summed E-state index contributed by atoms with van der Waals surface area (Å²) in [6.45, 7) is 3.86. The molecule has 0 aromatic rings. The van der Waals surface area contributed by atoms with Crippen LogP contribution in [0, 0.1) is 0 Å². The topological polar surface area (TPSA) is 105 Å². The summed E-state index contributed by atoms with van der Waals surface area (Å²) in [6, 6.07) is 0. The third-order valence-electron chi connectivity index (χ3n) is 3.33. The van der Waals surface area contributed by atoms with Crippen molar-refractivity contribution in [1.29, 1.82) is 0 Å². The second-order valence-electron chi connectivity index (χ2n) is 5.01. The van der Waals surface area contributed by atoms with Crippen molar-refractivity contribution in [3.8, 4) is 0 Å². The number of carbonyl (C=O) groups is 1. The second-order valence-corrected chi connectivity index (χ2v) is 5.01. The Morgan fingerprint density at radius 1 is 1.25 bits per heavy atom. The van der Waals surface area contributed by atoms with Crippen LogP contribution in [0.5, 0.6) is 0 Å². The Bertz CT molecular complexity index is 309. The molecule has 7 heteroatoms. The van der Waals surface area contributed by atoms with Gasteiger partial charge in [-0.05, 0) is 13.3 Å². The summed E-state index contributed by atoms with van der Waals surface area (Å²) in [5.74, 6) is -0.821. The molecule has 0 radical (unpaired) electrons. The van der Waals surface area contributed by atoms with Gasteiger partial charge in [-0.3, -0.25) is 0 Å². The van der Waals surface area contributed by atoms with Crippen molar-refractivity contribution in [3.63, 3.8) is 0 Å². The molecule has 3 N–H and O–H groups in total. The zero-order valence-electron chi connectivity index (χ0n) is 12.1. The molecule has 6 atom stereocenters. The molecule has 0 spiro atoms. The van der Waals surface area contributed by atoms with E-state index in [1.807, 2.05) is 13.8 Å². The highest BCUT2D eigenvalue weighted by Gasteiger charge is 2.48. The molecule has 1 rings (SSSR count). The Hall–Kier alpha value is -0.730. The maximum absolute atomic E-state index is 11.5. The highest BCUT2D eigenvalue weighted by Crippen LogP contribution is 2.24. The minimum Gasteiger partial charge on any atom is -0.467 e. The average Bonchev–Trinajstić information content (AvgIpc) is 2.44. The number of aliphatic hydroxyl groups is 3. The molecule has 20 heavy (non-hydrogen) atoms. The van der Waals surface area contributed by atoms with Gasteiger partial charge in [0.1, 0.15) is 18.3 Å². The highest BCUT2D eigenvalue weighted by molar-refractivity contribution is 5.75. The van der Waals surface area contributed by atoms with Crippen LogP contribution in [-0.2, 0) is 19.0 Å². The van der Waals surface area contributed by atoms with Crippen LogP contribution in [0.4, 0.5) is 0 Å². The van der Waals surface area contributed by atoms with Crippen molar-refractivity contribution in [3.05, 3.63) is 0 Å². The van der Waals surface area contributed by atoms with Crippen LogP contribution >= 0.6 is 0 Å². The van der Waals surface area contributed by atoms with E-state index in [9.17, 15) is 20.1 Å². The molecule has 6 unspecified atom stereocenters. The molecule has 1 fully saturated rings. The van der Waals surface area contributed by atoms with Crippen LogP contribution in [0.25, 0.3) is 0 Å². The van der Waals surface area contributed by atoms with Gasteiger partial charge in [0.15, 0.2) is 12.4 Å². The van der Waals surface area contributed by atoms with Crippen molar-refractivity contribution in [2.45, 2.75) is 69.9 Å². The van der Waals surface area contributed by atoms with E-state index in [2.05, 4.69) is 4.74 Å². The lowest BCUT2D eigenvalue weighted by Crippen LogP contribution is -2.60. The van der Waals surface area contributed by atoms with E-state index < -0.39 is 36.7 Å². The summed E-state index contributed by atoms with van der Waals surface area (Å²) in [5, 5.41) is 29.3. The van der Waals surface area contributed by atoms with E-state index in [1.165, 1.54) is 0 Å². The fourth-order valence-electron chi connectivity index (χ4n) is 2.06. The standard InChI is InChI=1S/C13H24O7/c1-4-5-6-7(2)19-13-10(16)8(14)9(15)11(20-13)12(17)18-3/h7-11,13-16H,4-6H2,1-3H3. The summed E-state index contributed by atoms with van der Waals surface area (Å²) in [4.78, 5) is 11.5. The van der Waals surface area contributed by atoms with Crippen molar-refractivity contribution in [2.75, 3.05) is 7.11 Å². The van der Waals surface area contributed by atoms with E-state index in [4.69, 9.17) is 9.47 Å². The largest absolute Gasteiger partial charge is 0.467 e. The second kappa shape index (κ2) is 7.90. The molecule has 118 valence electrons. The lowest BCUT2D eigenvalue weighted by atomic mass is 9.99. The Morgan fingerprint density at radius 3 is 2.45 bits per heavy atom. The SMILES string of the molecule is CCCCC(C)OC1OC(C(=O)OC)C(O)C(O)C1O. The van der Waals surface area contributed by atoms with Gasteiger partial charge in [0.25, 0.3) is 0 Å². The number of hydrogen-bond acceptors (Lipinski definition) is 7. The third-order valence-corrected chi connectivity index (χ3v) is 3.33. The predicted molar refractivity (Wildman–Crippen MR) is 68.8 cm³/mol. The highest BCUT2D eigenvalue weighted by atomic mass is 16.7. The smallest absolute Gasteiger partial charge is 0.337 e. The number of hydrogen-bond donors (Lipinski definition) is 3. The summed E-state index contributed by atoms with van der Waals surface area (Å²) in [7, 11) is 1.15. The number of ether oxygens (including phenoxy) is 3. The minimum absolute atomic E-state index is 0.199. The van der Waals surface area contributed by atoms with Gasteiger partial charge in [-0.2, -0.15) is 0 Å². The molecule has 1 heterocycles. The van der Waals surface area contributed by atoms with E-state index in [0.717, 1.165) is 26.4 Å². The molecule has 0 aromatic carbocycles. The molecule has 0 saturated carbocycles. The van der Waals surface area contributed by atoms with Gasteiger partial charge in [-0.1, -0.05) is 19.8 Å². The quantitative estimate of drug-likeness (QED) is 0.570. The normalized spacial score (nSPS) is 35.6. The van der Waals surface area contributed by atoms with E-state index in [0.29, 0.717) is 0 Å². The van der Waals surface area contributed by atoms with Gasteiger partial charge >= 0.3 is 5.97 Å². The Balaban J connectivity index is 2.67. The van der Waals surface area contributed by atoms with Gasteiger partial charge in [-0.15, -0.1) is 0 Å². The molecule has 0 aliphatic carbocycles. The molecule has 1 aliphatic rings. The molecular weight excluding hydrogens is 268 g/mol. The Labute approximate surface area is 118 Å². The lowest BCUT2D eigenvalue weighted by Gasteiger charge is -2.39. The number of rotatable bonds is 6. The zero-order valence-corrected chi connectivity index (χ0v) is 12.1. The van der Waals surface area contributed by atoms with E-state index >= 15 is 0 Å². The van der Waals surface area contributed by atoms with Crippen molar-refractivity contribution in [1.82, 2.24) is 0 Å². The third kappa shape index (κ3) is 4.13.